The third kappa shape index (κ3) is 5.99. The topological polar surface area (TPSA) is 90.0 Å². The predicted octanol–water partition coefficient (Wildman–Crippen LogP) is 5.94. The second-order valence-corrected chi connectivity index (χ2v) is 10.0. The minimum Gasteiger partial charge on any atom is -0.366 e. The molecule has 0 spiro atoms. The number of primary amides is 1. The summed E-state index contributed by atoms with van der Waals surface area (Å²) in [4.78, 5) is 29.5. The van der Waals surface area contributed by atoms with Crippen LogP contribution in [-0.2, 0) is 17.8 Å². The number of nitrogens with one attached hydrogen (secondary N) is 1. The Balaban J connectivity index is 1.48. The number of carbonyl (C=O) groups excluding carboxylic acids is 2. The molecule has 208 valence electrons. The number of aromatic nitrogens is 2. The minimum atomic E-state index is -0.918. The Morgan fingerprint density at radius 1 is 0.951 bits per heavy atom. The fourth-order valence-electron chi connectivity index (χ4n) is 4.96. The first-order chi connectivity index (χ1) is 19.6. The maximum atomic E-state index is 14.3. The Hall–Kier alpha value is -4.92. The third-order valence-electron chi connectivity index (χ3n) is 7.15. The molecular formula is C32H27F3N4O2. The Bertz CT molecular complexity index is 1780. The number of nitrogens with two attached hydrogens (primary N) is 1. The number of fused-ring (bicyclic) bond motifs is 1. The van der Waals surface area contributed by atoms with Gasteiger partial charge in [0.15, 0.2) is 0 Å². The smallest absolute Gasteiger partial charge is 0.251 e. The van der Waals surface area contributed by atoms with Crippen LogP contribution in [0.15, 0.2) is 79.1 Å². The summed E-state index contributed by atoms with van der Waals surface area (Å²) < 4.78 is 44.5. The van der Waals surface area contributed by atoms with Crippen LogP contribution >= 0.6 is 0 Å². The molecule has 3 N–H and O–H groups in total. The van der Waals surface area contributed by atoms with Gasteiger partial charge in [-0.15, -0.1) is 0 Å². The van der Waals surface area contributed by atoms with Gasteiger partial charge in [-0.25, -0.2) is 13.2 Å². The van der Waals surface area contributed by atoms with Crippen LogP contribution in [0.3, 0.4) is 0 Å². The molecular weight excluding hydrogens is 529 g/mol. The van der Waals surface area contributed by atoms with Crippen LogP contribution in [0.5, 0.6) is 0 Å². The van der Waals surface area contributed by atoms with Crippen molar-refractivity contribution in [2.75, 3.05) is 0 Å². The number of hydrogen-bond acceptors (Lipinski definition) is 3. The molecule has 2 aromatic heterocycles. The van der Waals surface area contributed by atoms with Crippen LogP contribution in [0.1, 0.15) is 38.8 Å². The molecule has 2 amide bonds. The lowest BCUT2D eigenvalue weighted by Crippen LogP contribution is -2.33. The Morgan fingerprint density at radius 2 is 1.68 bits per heavy atom. The molecule has 41 heavy (non-hydrogen) atoms. The molecule has 0 bridgehead atoms. The molecule has 5 aromatic rings. The summed E-state index contributed by atoms with van der Waals surface area (Å²) in [5.41, 5.74) is 9.88. The largest absolute Gasteiger partial charge is 0.366 e. The summed E-state index contributed by atoms with van der Waals surface area (Å²) in [6.45, 7) is 4.00. The van der Waals surface area contributed by atoms with Crippen molar-refractivity contribution in [2.45, 2.75) is 32.9 Å². The molecule has 1 unspecified atom stereocenters. The van der Waals surface area contributed by atoms with Crippen molar-refractivity contribution in [2.24, 2.45) is 5.73 Å². The van der Waals surface area contributed by atoms with Gasteiger partial charge in [-0.3, -0.25) is 14.6 Å². The van der Waals surface area contributed by atoms with E-state index >= 15 is 0 Å². The van der Waals surface area contributed by atoms with E-state index in [-0.39, 0.29) is 30.0 Å². The van der Waals surface area contributed by atoms with E-state index in [1.165, 1.54) is 12.1 Å². The maximum Gasteiger partial charge on any atom is 0.251 e. The number of nitrogens with zero attached hydrogens (tertiary/aromatic N) is 2. The van der Waals surface area contributed by atoms with E-state index in [0.29, 0.717) is 16.8 Å². The zero-order valence-electron chi connectivity index (χ0n) is 22.4. The van der Waals surface area contributed by atoms with E-state index in [1.54, 1.807) is 18.3 Å². The number of pyridine rings is 1. The lowest BCUT2D eigenvalue weighted by Gasteiger charge is -2.21. The number of halogens is 3. The Kier molecular flexibility index (Phi) is 7.61. The molecule has 0 aliphatic heterocycles. The van der Waals surface area contributed by atoms with Crippen molar-refractivity contribution in [3.05, 3.63) is 125 Å². The number of carbonyl (C=O) groups is 2. The van der Waals surface area contributed by atoms with Crippen LogP contribution in [0.2, 0.25) is 0 Å². The van der Waals surface area contributed by atoms with Gasteiger partial charge in [0, 0.05) is 36.0 Å². The van der Waals surface area contributed by atoms with E-state index < -0.39 is 29.4 Å². The van der Waals surface area contributed by atoms with Crippen LogP contribution < -0.4 is 11.1 Å². The Morgan fingerprint density at radius 3 is 2.41 bits per heavy atom. The van der Waals surface area contributed by atoms with Gasteiger partial charge in [0.25, 0.3) is 5.91 Å². The van der Waals surface area contributed by atoms with Crippen LogP contribution in [0.4, 0.5) is 13.2 Å². The normalized spacial score (nSPS) is 11.9. The lowest BCUT2D eigenvalue weighted by molar-refractivity contribution is -0.122. The van der Waals surface area contributed by atoms with Gasteiger partial charge in [-0.2, -0.15) is 0 Å². The first-order valence-electron chi connectivity index (χ1n) is 12.9. The molecule has 0 saturated carbocycles. The van der Waals surface area contributed by atoms with Gasteiger partial charge in [0.1, 0.15) is 24.0 Å². The van der Waals surface area contributed by atoms with Crippen molar-refractivity contribution in [3.8, 4) is 11.1 Å². The van der Waals surface area contributed by atoms with Crippen molar-refractivity contribution in [3.63, 3.8) is 0 Å². The van der Waals surface area contributed by atoms with E-state index in [4.69, 9.17) is 5.73 Å². The van der Waals surface area contributed by atoms with Gasteiger partial charge in [-0.1, -0.05) is 12.1 Å². The second-order valence-electron chi connectivity index (χ2n) is 10.0. The van der Waals surface area contributed by atoms with E-state index in [2.05, 4.69) is 16.4 Å². The average Bonchev–Trinajstić information content (AvgIpc) is 3.29. The number of benzene rings is 3. The fourth-order valence-corrected chi connectivity index (χ4v) is 4.96. The Labute approximate surface area is 234 Å². The third-order valence-corrected chi connectivity index (χ3v) is 7.15. The predicted molar refractivity (Wildman–Crippen MR) is 151 cm³/mol. The first kappa shape index (κ1) is 27.6. The quantitative estimate of drug-likeness (QED) is 0.248. The molecule has 3 aromatic carbocycles. The minimum absolute atomic E-state index is 0.0185. The van der Waals surface area contributed by atoms with E-state index in [0.717, 1.165) is 46.3 Å². The SMILES string of the molecule is Cc1cc2ccn(CC(=O)NC(Cc3ncccc3-c3ccc(F)c(C(N)=O)c3)c3cc(F)cc(F)c3)c2cc1C. The molecule has 0 aliphatic carbocycles. The molecule has 5 rings (SSSR count). The number of amides is 2. The molecule has 1 atom stereocenters. The number of aryl methyl sites for hydroxylation is 2. The van der Waals surface area contributed by atoms with E-state index in [1.807, 2.05) is 36.7 Å². The summed E-state index contributed by atoms with van der Waals surface area (Å²) in [5.74, 6) is -3.61. The van der Waals surface area contributed by atoms with E-state index in [9.17, 15) is 22.8 Å². The summed E-state index contributed by atoms with van der Waals surface area (Å²) in [7, 11) is 0. The molecule has 0 aliphatic rings. The monoisotopic (exact) mass is 556 g/mol. The summed E-state index contributed by atoms with van der Waals surface area (Å²) in [6, 6.07) is 15.6. The number of rotatable bonds is 8. The average molecular weight is 557 g/mol. The number of hydrogen-bond donors (Lipinski definition) is 2. The van der Waals surface area contributed by atoms with Crippen molar-refractivity contribution >= 4 is 22.7 Å². The van der Waals surface area contributed by atoms with Gasteiger partial charge >= 0.3 is 0 Å². The molecule has 0 radical (unpaired) electrons. The highest BCUT2D eigenvalue weighted by Crippen LogP contribution is 2.29. The summed E-state index contributed by atoms with van der Waals surface area (Å²) >= 11 is 0. The summed E-state index contributed by atoms with van der Waals surface area (Å²) in [5, 5.41) is 3.91. The molecule has 0 fully saturated rings. The van der Waals surface area contributed by atoms with Crippen molar-refractivity contribution < 1.29 is 22.8 Å². The highest BCUT2D eigenvalue weighted by molar-refractivity contribution is 5.94. The molecule has 6 nitrogen and oxygen atoms in total. The second kappa shape index (κ2) is 11.3. The van der Waals surface area contributed by atoms with Crippen molar-refractivity contribution in [1.82, 2.24) is 14.9 Å². The van der Waals surface area contributed by atoms with Gasteiger partial charge < -0.3 is 15.6 Å². The maximum absolute atomic E-state index is 14.3. The van der Waals surface area contributed by atoms with Crippen LogP contribution in [-0.4, -0.2) is 21.4 Å². The zero-order chi connectivity index (χ0) is 29.3. The summed E-state index contributed by atoms with van der Waals surface area (Å²) in [6.07, 6.45) is 3.42. The molecule has 2 heterocycles. The lowest BCUT2D eigenvalue weighted by atomic mass is 9.95. The highest BCUT2D eigenvalue weighted by Gasteiger charge is 2.21. The zero-order valence-corrected chi connectivity index (χ0v) is 22.4. The van der Waals surface area contributed by atoms with Crippen LogP contribution in [0, 0.1) is 31.3 Å². The highest BCUT2D eigenvalue weighted by atomic mass is 19.1. The molecule has 9 heteroatoms. The van der Waals surface area contributed by atoms with Gasteiger partial charge in [0.2, 0.25) is 5.91 Å². The fraction of sp³-hybridized carbons (Fsp3) is 0.156. The van der Waals surface area contributed by atoms with Gasteiger partial charge in [0.05, 0.1) is 17.3 Å². The first-order valence-corrected chi connectivity index (χ1v) is 12.9. The van der Waals surface area contributed by atoms with Crippen molar-refractivity contribution in [1.29, 1.82) is 0 Å². The van der Waals surface area contributed by atoms with Gasteiger partial charge in [-0.05, 0) is 90.0 Å². The standard InChI is InChI=1S/C32H27F3N4O2/c1-18-10-21-7-9-39(30(21)11-19(18)2)17-31(40)38-28(22-12-23(33)15-24(34)13-22)16-29-25(4-3-8-37-29)20-5-6-27(35)26(14-20)32(36)41/h3-15,28H,16-17H2,1-2H3,(H2,36,41)(H,38,40). The van der Waals surface area contributed by atoms with Crippen LogP contribution in [0.25, 0.3) is 22.0 Å². The molecule has 0 saturated heterocycles.